The summed E-state index contributed by atoms with van der Waals surface area (Å²) in [6.07, 6.45) is 2.96. The van der Waals surface area contributed by atoms with Crippen molar-refractivity contribution < 1.29 is 14.6 Å². The zero-order chi connectivity index (χ0) is 14.7. The molecule has 0 fully saturated rings. The average molecular weight is 272 g/mol. The number of aromatic nitrogens is 1. The van der Waals surface area contributed by atoms with E-state index >= 15 is 0 Å². The van der Waals surface area contributed by atoms with Crippen molar-refractivity contribution in [2.24, 2.45) is 0 Å². The van der Waals surface area contributed by atoms with Crippen LogP contribution in [0.4, 0.5) is 11.4 Å². The van der Waals surface area contributed by atoms with Gasteiger partial charge in [-0.05, 0) is 43.2 Å². The first-order valence-corrected chi connectivity index (χ1v) is 6.12. The van der Waals surface area contributed by atoms with Gasteiger partial charge in [0.1, 0.15) is 5.75 Å². The molecule has 0 atom stereocenters. The minimum absolute atomic E-state index is 0.186. The minimum Gasteiger partial charge on any atom is -0.496 e. The first kappa shape index (κ1) is 13.9. The Morgan fingerprint density at radius 2 is 1.95 bits per heavy atom. The summed E-state index contributed by atoms with van der Waals surface area (Å²) in [4.78, 5) is 15.1. The molecule has 5 nitrogen and oxygen atoms in total. The lowest BCUT2D eigenvalue weighted by Gasteiger charge is -2.13. The van der Waals surface area contributed by atoms with Crippen LogP contribution in [-0.2, 0) is 0 Å². The Bertz CT molecular complexity index is 630. The Labute approximate surface area is 117 Å². The van der Waals surface area contributed by atoms with E-state index in [1.54, 1.807) is 7.11 Å². The molecule has 20 heavy (non-hydrogen) atoms. The van der Waals surface area contributed by atoms with Crippen LogP contribution in [0.15, 0.2) is 30.6 Å². The van der Waals surface area contributed by atoms with Crippen molar-refractivity contribution in [3.05, 3.63) is 47.3 Å². The molecular weight excluding hydrogens is 256 g/mol. The number of hydrogen-bond acceptors (Lipinski definition) is 4. The highest BCUT2D eigenvalue weighted by Crippen LogP contribution is 2.29. The number of nitrogens with one attached hydrogen (secondary N) is 1. The normalized spacial score (nSPS) is 10.2. The number of anilines is 2. The fourth-order valence-electron chi connectivity index (χ4n) is 2.18. The van der Waals surface area contributed by atoms with E-state index in [2.05, 4.69) is 10.3 Å². The van der Waals surface area contributed by atoms with Gasteiger partial charge in [0.05, 0.1) is 24.6 Å². The number of methoxy groups -OCH3 is 1. The average Bonchev–Trinajstić information content (AvgIpc) is 2.38. The van der Waals surface area contributed by atoms with Gasteiger partial charge < -0.3 is 15.2 Å². The van der Waals surface area contributed by atoms with Gasteiger partial charge >= 0.3 is 5.97 Å². The zero-order valence-corrected chi connectivity index (χ0v) is 11.6. The summed E-state index contributed by atoms with van der Waals surface area (Å²) in [5, 5.41) is 12.2. The number of ether oxygens (including phenoxy) is 1. The van der Waals surface area contributed by atoms with Crippen molar-refractivity contribution in [3.8, 4) is 5.75 Å². The van der Waals surface area contributed by atoms with Crippen LogP contribution in [0.2, 0.25) is 0 Å². The Hall–Kier alpha value is -2.56. The molecule has 2 aromatic rings. The summed E-state index contributed by atoms with van der Waals surface area (Å²) >= 11 is 0. The Morgan fingerprint density at radius 1 is 1.30 bits per heavy atom. The summed E-state index contributed by atoms with van der Waals surface area (Å²) in [6, 6.07) is 5.28. The predicted octanol–water partition coefficient (Wildman–Crippen LogP) is 3.15. The highest BCUT2D eigenvalue weighted by Gasteiger charge is 2.11. The van der Waals surface area contributed by atoms with Crippen LogP contribution in [0.3, 0.4) is 0 Å². The molecule has 0 aliphatic carbocycles. The Kier molecular flexibility index (Phi) is 3.89. The molecule has 2 N–H and O–H groups in total. The van der Waals surface area contributed by atoms with Crippen LogP contribution in [0.25, 0.3) is 0 Å². The predicted molar refractivity (Wildman–Crippen MR) is 76.9 cm³/mol. The second kappa shape index (κ2) is 5.61. The van der Waals surface area contributed by atoms with Crippen molar-refractivity contribution in [2.75, 3.05) is 12.4 Å². The number of carbonyl (C=O) groups is 1. The van der Waals surface area contributed by atoms with E-state index in [1.807, 2.05) is 26.0 Å². The number of hydrogen-bond donors (Lipinski definition) is 2. The van der Waals surface area contributed by atoms with Crippen molar-refractivity contribution in [3.63, 3.8) is 0 Å². The van der Waals surface area contributed by atoms with Crippen LogP contribution in [0.1, 0.15) is 21.5 Å². The van der Waals surface area contributed by atoms with E-state index in [0.29, 0.717) is 5.69 Å². The maximum absolute atomic E-state index is 11.2. The monoisotopic (exact) mass is 272 g/mol. The lowest BCUT2D eigenvalue weighted by atomic mass is 10.1. The molecule has 0 saturated heterocycles. The zero-order valence-electron chi connectivity index (χ0n) is 11.6. The van der Waals surface area contributed by atoms with Gasteiger partial charge in [0, 0.05) is 11.9 Å². The van der Waals surface area contributed by atoms with Crippen molar-refractivity contribution >= 4 is 17.3 Å². The maximum Gasteiger partial charge on any atom is 0.337 e. The molecule has 0 unspecified atom stereocenters. The molecule has 0 radical (unpaired) electrons. The van der Waals surface area contributed by atoms with E-state index in [1.165, 1.54) is 18.5 Å². The minimum atomic E-state index is -0.989. The third-order valence-corrected chi connectivity index (χ3v) is 2.99. The van der Waals surface area contributed by atoms with Crippen molar-refractivity contribution in [2.45, 2.75) is 13.8 Å². The number of pyridine rings is 1. The number of carboxylic acid groups (broad SMARTS) is 1. The van der Waals surface area contributed by atoms with Gasteiger partial charge in [0.15, 0.2) is 0 Å². The number of nitrogens with zero attached hydrogens (tertiary/aromatic N) is 1. The lowest BCUT2D eigenvalue weighted by Crippen LogP contribution is -2.03. The van der Waals surface area contributed by atoms with Gasteiger partial charge in [-0.3, -0.25) is 4.98 Å². The first-order valence-electron chi connectivity index (χ1n) is 6.12. The Balaban J connectivity index is 2.38. The quantitative estimate of drug-likeness (QED) is 0.894. The summed E-state index contributed by atoms with van der Waals surface area (Å²) in [5.74, 6) is -0.156. The van der Waals surface area contributed by atoms with Crippen LogP contribution < -0.4 is 10.1 Å². The molecule has 104 valence electrons. The number of aromatic carboxylic acids is 1. The molecule has 1 heterocycles. The Morgan fingerprint density at radius 3 is 2.50 bits per heavy atom. The smallest absolute Gasteiger partial charge is 0.337 e. The van der Waals surface area contributed by atoms with E-state index in [0.717, 1.165) is 22.6 Å². The first-order chi connectivity index (χ1) is 9.52. The van der Waals surface area contributed by atoms with Gasteiger partial charge in [0.25, 0.3) is 0 Å². The lowest BCUT2D eigenvalue weighted by molar-refractivity contribution is 0.0698. The maximum atomic E-state index is 11.2. The number of rotatable bonds is 4. The van der Waals surface area contributed by atoms with Gasteiger partial charge in [-0.2, -0.15) is 0 Å². The third-order valence-electron chi connectivity index (χ3n) is 2.99. The standard InChI is InChI=1S/C15H16N2O3/c1-9-6-11(7-10(2)14(9)20-3)17-13-8-16-5-4-12(13)15(18)19/h4-8,17H,1-3H3,(H,18,19). The second-order valence-corrected chi connectivity index (χ2v) is 4.49. The number of carboxylic acids is 1. The van der Waals surface area contributed by atoms with E-state index < -0.39 is 5.97 Å². The summed E-state index contributed by atoms with van der Waals surface area (Å²) in [5.41, 5.74) is 3.41. The largest absolute Gasteiger partial charge is 0.496 e. The van der Waals surface area contributed by atoms with Crippen LogP contribution in [-0.4, -0.2) is 23.2 Å². The number of aryl methyl sites for hydroxylation is 2. The molecule has 0 aliphatic heterocycles. The molecular formula is C15H16N2O3. The topological polar surface area (TPSA) is 71.5 Å². The molecule has 5 heteroatoms. The molecule has 0 amide bonds. The molecule has 1 aromatic heterocycles. The molecule has 2 rings (SSSR count). The molecule has 0 spiro atoms. The molecule has 0 aliphatic rings. The fraction of sp³-hybridized carbons (Fsp3) is 0.200. The van der Waals surface area contributed by atoms with Gasteiger partial charge in [0.2, 0.25) is 0 Å². The van der Waals surface area contributed by atoms with E-state index in [4.69, 9.17) is 9.84 Å². The van der Waals surface area contributed by atoms with Crippen LogP contribution in [0.5, 0.6) is 5.75 Å². The van der Waals surface area contributed by atoms with Crippen molar-refractivity contribution in [1.29, 1.82) is 0 Å². The summed E-state index contributed by atoms with van der Waals surface area (Å²) in [7, 11) is 1.63. The van der Waals surface area contributed by atoms with Gasteiger partial charge in [-0.25, -0.2) is 4.79 Å². The van der Waals surface area contributed by atoms with Gasteiger partial charge in [-0.1, -0.05) is 0 Å². The SMILES string of the molecule is COc1c(C)cc(Nc2cnccc2C(=O)O)cc1C. The van der Waals surface area contributed by atoms with Crippen LogP contribution in [0, 0.1) is 13.8 Å². The summed E-state index contributed by atoms with van der Waals surface area (Å²) < 4.78 is 5.31. The highest BCUT2D eigenvalue weighted by molar-refractivity contribution is 5.94. The number of benzene rings is 1. The molecule has 0 saturated carbocycles. The van der Waals surface area contributed by atoms with E-state index in [9.17, 15) is 4.79 Å². The van der Waals surface area contributed by atoms with Crippen molar-refractivity contribution in [1.82, 2.24) is 4.98 Å². The van der Waals surface area contributed by atoms with Crippen LogP contribution >= 0.6 is 0 Å². The third kappa shape index (κ3) is 2.71. The van der Waals surface area contributed by atoms with Gasteiger partial charge in [-0.15, -0.1) is 0 Å². The molecule has 0 bridgehead atoms. The summed E-state index contributed by atoms with van der Waals surface area (Å²) in [6.45, 7) is 3.89. The molecule has 1 aromatic carbocycles. The van der Waals surface area contributed by atoms with E-state index in [-0.39, 0.29) is 5.56 Å². The highest BCUT2D eigenvalue weighted by atomic mass is 16.5. The second-order valence-electron chi connectivity index (χ2n) is 4.49. The fourth-order valence-corrected chi connectivity index (χ4v) is 2.18.